The molecule has 2 heterocycles. The first-order valence-corrected chi connectivity index (χ1v) is 13.5. The summed E-state index contributed by atoms with van der Waals surface area (Å²) in [4.78, 5) is 33.4. The van der Waals surface area contributed by atoms with E-state index >= 15 is 0 Å². The van der Waals surface area contributed by atoms with Crippen molar-refractivity contribution in [2.24, 2.45) is 4.99 Å². The van der Waals surface area contributed by atoms with Crippen molar-refractivity contribution in [3.63, 3.8) is 0 Å². The number of thiophene rings is 1. The van der Waals surface area contributed by atoms with Gasteiger partial charge in [0.15, 0.2) is 6.61 Å². The highest BCUT2D eigenvalue weighted by Gasteiger charge is 2.25. The molecule has 1 aromatic heterocycles. The van der Waals surface area contributed by atoms with Gasteiger partial charge in [-0.15, -0.1) is 11.3 Å². The van der Waals surface area contributed by atoms with Gasteiger partial charge in [0.25, 0.3) is 11.8 Å². The molecule has 1 fully saturated rings. The largest absolute Gasteiger partial charge is 0.484 e. The molecule has 1 saturated heterocycles. The maximum absolute atomic E-state index is 13.3. The fraction of sp³-hybridized carbons (Fsp3) is 0.345. The summed E-state index contributed by atoms with van der Waals surface area (Å²) < 4.78 is 11.0. The first kappa shape index (κ1) is 25.2. The number of hydrogen-bond donors (Lipinski definition) is 1. The van der Waals surface area contributed by atoms with Crippen LogP contribution in [0.1, 0.15) is 44.8 Å². The van der Waals surface area contributed by atoms with Crippen molar-refractivity contribution >= 4 is 40.1 Å². The van der Waals surface area contributed by atoms with Crippen LogP contribution in [0.15, 0.2) is 53.5 Å². The first-order chi connectivity index (χ1) is 18.1. The smallest absolute Gasteiger partial charge is 0.260 e. The lowest BCUT2D eigenvalue weighted by Gasteiger charge is -2.26. The predicted octanol–water partition coefficient (Wildman–Crippen LogP) is 5.18. The van der Waals surface area contributed by atoms with Crippen molar-refractivity contribution < 1.29 is 19.1 Å². The van der Waals surface area contributed by atoms with E-state index in [9.17, 15) is 9.59 Å². The normalized spacial score (nSPS) is 15.4. The van der Waals surface area contributed by atoms with Crippen LogP contribution in [-0.4, -0.2) is 55.8 Å². The molecule has 0 radical (unpaired) electrons. The van der Waals surface area contributed by atoms with Crippen LogP contribution < -0.4 is 10.1 Å². The number of carbonyl (C=O) groups excluding carboxylic acids is 2. The average molecular weight is 518 g/mol. The Bertz CT molecular complexity index is 1280. The maximum Gasteiger partial charge on any atom is 0.260 e. The third-order valence-corrected chi connectivity index (χ3v) is 7.83. The molecule has 7 nitrogen and oxygen atoms in total. The van der Waals surface area contributed by atoms with E-state index in [4.69, 9.17) is 14.5 Å². The van der Waals surface area contributed by atoms with E-state index in [0.29, 0.717) is 37.6 Å². The molecule has 3 aromatic rings. The van der Waals surface area contributed by atoms with Crippen molar-refractivity contribution in [2.45, 2.75) is 32.6 Å². The van der Waals surface area contributed by atoms with E-state index in [1.807, 2.05) is 55.5 Å². The van der Waals surface area contributed by atoms with Crippen molar-refractivity contribution in [3.05, 3.63) is 75.7 Å². The summed E-state index contributed by atoms with van der Waals surface area (Å²) in [6.07, 6.45) is 5.92. The Kier molecular flexibility index (Phi) is 7.96. The molecule has 1 aliphatic carbocycles. The van der Waals surface area contributed by atoms with Gasteiger partial charge in [-0.1, -0.05) is 17.7 Å². The van der Waals surface area contributed by atoms with Gasteiger partial charge in [0.2, 0.25) is 0 Å². The number of morpholine rings is 1. The molecule has 0 bridgehead atoms. The van der Waals surface area contributed by atoms with Crippen molar-refractivity contribution in [3.8, 4) is 5.75 Å². The maximum atomic E-state index is 13.3. The van der Waals surface area contributed by atoms with Gasteiger partial charge in [0.05, 0.1) is 18.8 Å². The lowest BCUT2D eigenvalue weighted by Crippen LogP contribution is -2.42. The molecule has 5 rings (SSSR count). The third kappa shape index (κ3) is 6.26. The molecule has 2 aliphatic rings. The van der Waals surface area contributed by atoms with Gasteiger partial charge in [-0.3, -0.25) is 9.59 Å². The molecule has 1 aliphatic heterocycles. The summed E-state index contributed by atoms with van der Waals surface area (Å²) in [5.74, 6) is 0.486. The SMILES string of the molecule is Cc1ccc(NC(=O)c2c(N=Cc3ccc(OCC(=O)N4CCOCC4)cc3)sc3c2CCCC3)cc1. The standard InChI is InChI=1S/C29H31N3O4S/c1-20-6-10-22(11-7-20)31-28(34)27-24-4-2-3-5-25(24)37-29(27)30-18-21-8-12-23(13-9-21)36-19-26(33)32-14-16-35-17-15-32/h6-13,18H,2-5,14-17,19H2,1H3,(H,31,34). The molecule has 0 spiro atoms. The first-order valence-electron chi connectivity index (χ1n) is 12.7. The Balaban J connectivity index is 1.27. The highest BCUT2D eigenvalue weighted by Crippen LogP contribution is 2.40. The second-order valence-corrected chi connectivity index (χ2v) is 10.4. The quantitative estimate of drug-likeness (QED) is 0.438. The summed E-state index contributed by atoms with van der Waals surface area (Å²) in [6, 6.07) is 15.3. The Morgan fingerprint density at radius 3 is 2.54 bits per heavy atom. The summed E-state index contributed by atoms with van der Waals surface area (Å²) in [5, 5.41) is 3.80. The van der Waals surface area contributed by atoms with Crippen LogP contribution in [0.3, 0.4) is 0 Å². The summed E-state index contributed by atoms with van der Waals surface area (Å²) in [7, 11) is 0. The Morgan fingerprint density at radius 1 is 1.05 bits per heavy atom. The minimum absolute atomic E-state index is 0.00758. The predicted molar refractivity (Wildman–Crippen MR) is 147 cm³/mol. The number of ether oxygens (including phenoxy) is 2. The number of benzene rings is 2. The highest BCUT2D eigenvalue weighted by atomic mass is 32.1. The summed E-state index contributed by atoms with van der Waals surface area (Å²) in [6.45, 7) is 4.39. The number of carbonyl (C=O) groups is 2. The monoisotopic (exact) mass is 517 g/mol. The number of anilines is 1. The van der Waals surface area contributed by atoms with Crippen LogP contribution in [0.2, 0.25) is 0 Å². The zero-order chi connectivity index (χ0) is 25.6. The Labute approximate surface area is 221 Å². The van der Waals surface area contributed by atoms with E-state index < -0.39 is 0 Å². The molecule has 8 heteroatoms. The Morgan fingerprint density at radius 2 is 1.78 bits per heavy atom. The number of fused-ring (bicyclic) bond motifs is 1. The van der Waals surface area contributed by atoms with Crippen LogP contribution >= 0.6 is 11.3 Å². The minimum atomic E-state index is -0.107. The van der Waals surface area contributed by atoms with Gasteiger partial charge < -0.3 is 19.7 Å². The van der Waals surface area contributed by atoms with E-state index in [1.54, 1.807) is 22.5 Å². The van der Waals surface area contributed by atoms with Crippen LogP contribution in [0, 0.1) is 6.92 Å². The van der Waals surface area contributed by atoms with E-state index in [-0.39, 0.29) is 18.4 Å². The highest BCUT2D eigenvalue weighted by molar-refractivity contribution is 7.16. The topological polar surface area (TPSA) is 80.2 Å². The van der Waals surface area contributed by atoms with Gasteiger partial charge >= 0.3 is 0 Å². The van der Waals surface area contributed by atoms with Crippen LogP contribution in [0.5, 0.6) is 5.75 Å². The van der Waals surface area contributed by atoms with Crippen LogP contribution in [-0.2, 0) is 22.4 Å². The second kappa shape index (κ2) is 11.7. The van der Waals surface area contributed by atoms with E-state index in [0.717, 1.165) is 53.1 Å². The lowest BCUT2D eigenvalue weighted by molar-refractivity contribution is -0.137. The van der Waals surface area contributed by atoms with Gasteiger partial charge in [0.1, 0.15) is 10.8 Å². The molecule has 1 N–H and O–H groups in total. The molecule has 0 saturated carbocycles. The van der Waals surface area contributed by atoms with Gasteiger partial charge in [-0.25, -0.2) is 4.99 Å². The second-order valence-electron chi connectivity index (χ2n) is 9.32. The number of nitrogens with zero attached hydrogens (tertiary/aromatic N) is 2. The summed E-state index contributed by atoms with van der Waals surface area (Å²) in [5.41, 5.74) is 4.66. The molecular formula is C29H31N3O4S. The number of amides is 2. The number of aryl methyl sites for hydroxylation is 2. The molecule has 2 amide bonds. The van der Waals surface area contributed by atoms with E-state index in [2.05, 4.69) is 5.32 Å². The number of nitrogens with one attached hydrogen (secondary N) is 1. The zero-order valence-corrected chi connectivity index (χ0v) is 21.8. The minimum Gasteiger partial charge on any atom is -0.484 e. The molecule has 2 aromatic carbocycles. The molecule has 192 valence electrons. The van der Waals surface area contributed by atoms with Crippen molar-refractivity contribution in [1.29, 1.82) is 0 Å². The van der Waals surface area contributed by atoms with Gasteiger partial charge in [-0.05, 0) is 80.1 Å². The third-order valence-electron chi connectivity index (χ3n) is 6.63. The van der Waals surface area contributed by atoms with Crippen molar-refractivity contribution in [2.75, 3.05) is 38.2 Å². The molecule has 0 unspecified atom stereocenters. The molecule has 37 heavy (non-hydrogen) atoms. The number of rotatable bonds is 7. The van der Waals surface area contributed by atoms with Gasteiger partial charge in [-0.2, -0.15) is 0 Å². The Hall–Kier alpha value is -3.49. The van der Waals surface area contributed by atoms with Crippen molar-refractivity contribution in [1.82, 2.24) is 4.90 Å². The van der Waals surface area contributed by atoms with Crippen LogP contribution in [0.4, 0.5) is 10.7 Å². The average Bonchev–Trinajstić information content (AvgIpc) is 3.31. The fourth-order valence-corrected chi connectivity index (χ4v) is 5.77. The fourth-order valence-electron chi connectivity index (χ4n) is 4.54. The van der Waals surface area contributed by atoms with Crippen LogP contribution in [0.25, 0.3) is 0 Å². The zero-order valence-electron chi connectivity index (χ0n) is 21.0. The summed E-state index contributed by atoms with van der Waals surface area (Å²) >= 11 is 1.62. The number of hydrogen-bond acceptors (Lipinski definition) is 6. The molecular weight excluding hydrogens is 486 g/mol. The molecule has 0 atom stereocenters. The lowest BCUT2D eigenvalue weighted by atomic mass is 9.95. The van der Waals surface area contributed by atoms with E-state index in [1.165, 1.54) is 4.88 Å². The number of aliphatic imine (C=N–C) groups is 1. The van der Waals surface area contributed by atoms with Gasteiger partial charge in [0, 0.05) is 29.9 Å².